The Bertz CT molecular complexity index is 826. The Morgan fingerprint density at radius 1 is 1.26 bits per heavy atom. The maximum atomic E-state index is 5.71. The van der Waals surface area contributed by atoms with Crippen molar-refractivity contribution in [3.8, 4) is 5.88 Å². The fourth-order valence-corrected chi connectivity index (χ4v) is 2.31. The second-order valence-corrected chi connectivity index (χ2v) is 5.85. The predicted octanol–water partition coefficient (Wildman–Crippen LogP) is 2.23. The van der Waals surface area contributed by atoms with E-state index in [-0.39, 0.29) is 0 Å². The van der Waals surface area contributed by atoms with Gasteiger partial charge in [0.15, 0.2) is 11.5 Å². The predicted molar refractivity (Wildman–Crippen MR) is 85.3 cm³/mol. The lowest BCUT2D eigenvalue weighted by Gasteiger charge is -2.08. The van der Waals surface area contributed by atoms with Gasteiger partial charge in [-0.15, -0.1) is 15.3 Å². The van der Waals surface area contributed by atoms with Gasteiger partial charge in [0.1, 0.15) is 5.82 Å². The van der Waals surface area contributed by atoms with E-state index in [1.54, 1.807) is 10.7 Å². The third-order valence-electron chi connectivity index (χ3n) is 3.86. The number of aromatic nitrogens is 5. The van der Waals surface area contributed by atoms with Crippen molar-refractivity contribution in [2.45, 2.75) is 26.3 Å². The van der Waals surface area contributed by atoms with Crippen LogP contribution in [-0.4, -0.2) is 31.4 Å². The lowest BCUT2D eigenvalue weighted by atomic mass is 10.2. The number of fused-ring (bicyclic) bond motifs is 1. The Hall–Kier alpha value is -2.70. The van der Waals surface area contributed by atoms with Crippen LogP contribution in [0.25, 0.3) is 5.65 Å². The molecule has 3 heterocycles. The molecule has 0 aromatic carbocycles. The molecule has 0 aliphatic heterocycles. The van der Waals surface area contributed by atoms with Gasteiger partial charge in [-0.3, -0.25) is 0 Å². The van der Waals surface area contributed by atoms with Crippen molar-refractivity contribution in [1.82, 2.24) is 24.8 Å². The molecule has 0 unspecified atom stereocenters. The zero-order valence-electron chi connectivity index (χ0n) is 12.9. The van der Waals surface area contributed by atoms with Gasteiger partial charge in [0.2, 0.25) is 5.88 Å². The molecule has 23 heavy (non-hydrogen) atoms. The van der Waals surface area contributed by atoms with Crippen molar-refractivity contribution < 1.29 is 4.74 Å². The van der Waals surface area contributed by atoms with Crippen LogP contribution in [0.2, 0.25) is 0 Å². The molecule has 1 aliphatic carbocycles. The fraction of sp³-hybridized carbons (Fsp3) is 0.375. The molecule has 1 N–H and O–H groups in total. The van der Waals surface area contributed by atoms with Crippen LogP contribution in [0.3, 0.4) is 0 Å². The van der Waals surface area contributed by atoms with E-state index in [0.29, 0.717) is 12.4 Å². The van der Waals surface area contributed by atoms with Crippen molar-refractivity contribution in [3.63, 3.8) is 0 Å². The highest BCUT2D eigenvalue weighted by molar-refractivity contribution is 5.44. The molecule has 118 valence electrons. The fourth-order valence-electron chi connectivity index (χ4n) is 2.31. The monoisotopic (exact) mass is 310 g/mol. The van der Waals surface area contributed by atoms with E-state index in [1.165, 1.54) is 12.8 Å². The van der Waals surface area contributed by atoms with Gasteiger partial charge in [-0.25, -0.2) is 4.98 Å². The second kappa shape index (κ2) is 5.83. The minimum atomic E-state index is 0.655. The van der Waals surface area contributed by atoms with Crippen molar-refractivity contribution in [2.24, 2.45) is 5.92 Å². The van der Waals surface area contributed by atoms with Crippen LogP contribution in [0.5, 0.6) is 5.88 Å². The summed E-state index contributed by atoms with van der Waals surface area (Å²) in [4.78, 5) is 4.25. The summed E-state index contributed by atoms with van der Waals surface area (Å²) in [6.07, 6.45) is 4.33. The molecule has 1 fully saturated rings. The Morgan fingerprint density at radius 2 is 2.17 bits per heavy atom. The number of nitrogens with one attached hydrogen (secondary N) is 1. The van der Waals surface area contributed by atoms with Gasteiger partial charge in [0.05, 0.1) is 6.61 Å². The quantitative estimate of drug-likeness (QED) is 0.752. The molecule has 0 atom stereocenters. The summed E-state index contributed by atoms with van der Waals surface area (Å²) in [6, 6.07) is 7.73. The third-order valence-corrected chi connectivity index (χ3v) is 3.86. The number of pyridine rings is 1. The number of hydrogen-bond donors (Lipinski definition) is 1. The first-order valence-corrected chi connectivity index (χ1v) is 7.78. The van der Waals surface area contributed by atoms with Gasteiger partial charge >= 0.3 is 0 Å². The van der Waals surface area contributed by atoms with Gasteiger partial charge in [0, 0.05) is 18.8 Å². The minimum absolute atomic E-state index is 0.655. The average molecular weight is 310 g/mol. The molecule has 3 aromatic rings. The average Bonchev–Trinajstić information content (AvgIpc) is 3.35. The van der Waals surface area contributed by atoms with Crippen molar-refractivity contribution in [1.29, 1.82) is 0 Å². The van der Waals surface area contributed by atoms with Gasteiger partial charge in [0.25, 0.3) is 0 Å². The minimum Gasteiger partial charge on any atom is -0.477 e. The summed E-state index contributed by atoms with van der Waals surface area (Å²) in [5.41, 5.74) is 1.85. The first-order chi connectivity index (χ1) is 11.3. The Balaban J connectivity index is 1.42. The molecular weight excluding hydrogens is 292 g/mol. The van der Waals surface area contributed by atoms with Crippen LogP contribution < -0.4 is 10.1 Å². The van der Waals surface area contributed by atoms with Gasteiger partial charge in [-0.1, -0.05) is 0 Å². The summed E-state index contributed by atoms with van der Waals surface area (Å²) >= 11 is 0. The molecule has 1 aliphatic rings. The third kappa shape index (κ3) is 3.23. The van der Waals surface area contributed by atoms with E-state index in [0.717, 1.165) is 35.4 Å². The number of hydrogen-bond acceptors (Lipinski definition) is 6. The van der Waals surface area contributed by atoms with Crippen molar-refractivity contribution in [3.05, 3.63) is 41.9 Å². The molecule has 7 nitrogen and oxygen atoms in total. The molecule has 7 heteroatoms. The molecule has 0 bridgehead atoms. The molecular formula is C16H18N6O. The highest BCUT2D eigenvalue weighted by Gasteiger charge is 2.22. The normalized spacial score (nSPS) is 14.1. The summed E-state index contributed by atoms with van der Waals surface area (Å²) in [5.74, 6) is 2.96. The van der Waals surface area contributed by atoms with Crippen LogP contribution in [0.15, 0.2) is 30.5 Å². The number of rotatable bonds is 6. The van der Waals surface area contributed by atoms with E-state index in [1.807, 2.05) is 31.2 Å². The summed E-state index contributed by atoms with van der Waals surface area (Å²) in [5, 5.41) is 15.8. The maximum absolute atomic E-state index is 5.71. The zero-order valence-corrected chi connectivity index (χ0v) is 12.9. The molecule has 3 aromatic heterocycles. The number of ether oxygens (including phenoxy) is 1. The Kier molecular flexibility index (Phi) is 3.53. The van der Waals surface area contributed by atoms with E-state index in [4.69, 9.17) is 4.74 Å². The lowest BCUT2D eigenvalue weighted by molar-refractivity contribution is 0.288. The summed E-state index contributed by atoms with van der Waals surface area (Å²) in [6.45, 7) is 3.31. The van der Waals surface area contributed by atoms with Gasteiger partial charge < -0.3 is 10.1 Å². The summed E-state index contributed by atoms with van der Waals surface area (Å²) < 4.78 is 7.43. The van der Waals surface area contributed by atoms with Crippen molar-refractivity contribution in [2.75, 3.05) is 11.9 Å². The van der Waals surface area contributed by atoms with Crippen LogP contribution >= 0.6 is 0 Å². The van der Waals surface area contributed by atoms with E-state index < -0.39 is 0 Å². The molecule has 0 radical (unpaired) electrons. The summed E-state index contributed by atoms with van der Waals surface area (Å²) in [7, 11) is 0. The topological polar surface area (TPSA) is 77.2 Å². The van der Waals surface area contributed by atoms with Gasteiger partial charge in [-0.2, -0.15) is 4.52 Å². The molecule has 0 saturated heterocycles. The highest BCUT2D eigenvalue weighted by Crippen LogP contribution is 2.29. The standard InChI is InChI=1S/C16H18N6O/c1-11-19-20-15-5-4-14(21-22(11)15)18-9-13-6-7-17-16(8-13)23-10-12-2-3-12/h4-8,12H,2-3,9-10H2,1H3,(H,18,21). The van der Waals surface area contributed by atoms with Crippen LogP contribution in [-0.2, 0) is 6.54 Å². The Labute approximate surface area is 133 Å². The van der Waals surface area contributed by atoms with E-state index in [2.05, 4.69) is 25.6 Å². The second-order valence-electron chi connectivity index (χ2n) is 5.85. The number of aryl methyl sites for hydroxylation is 1. The molecule has 4 rings (SSSR count). The first-order valence-electron chi connectivity index (χ1n) is 7.78. The van der Waals surface area contributed by atoms with Crippen LogP contribution in [0, 0.1) is 12.8 Å². The highest BCUT2D eigenvalue weighted by atomic mass is 16.5. The molecule has 0 spiro atoms. The first kappa shape index (κ1) is 13.9. The number of nitrogens with zero attached hydrogens (tertiary/aromatic N) is 5. The zero-order chi connectivity index (χ0) is 15.6. The largest absolute Gasteiger partial charge is 0.477 e. The lowest BCUT2D eigenvalue weighted by Crippen LogP contribution is -2.06. The van der Waals surface area contributed by atoms with E-state index >= 15 is 0 Å². The van der Waals surface area contributed by atoms with Crippen LogP contribution in [0.4, 0.5) is 5.82 Å². The smallest absolute Gasteiger partial charge is 0.213 e. The number of anilines is 1. The van der Waals surface area contributed by atoms with E-state index in [9.17, 15) is 0 Å². The Morgan fingerprint density at radius 3 is 3.04 bits per heavy atom. The van der Waals surface area contributed by atoms with Gasteiger partial charge in [-0.05, 0) is 49.4 Å². The van der Waals surface area contributed by atoms with Crippen molar-refractivity contribution >= 4 is 11.5 Å². The molecule has 0 amide bonds. The van der Waals surface area contributed by atoms with Crippen LogP contribution in [0.1, 0.15) is 24.2 Å². The molecule has 1 saturated carbocycles. The SMILES string of the molecule is Cc1nnc2ccc(NCc3ccnc(OCC4CC4)c3)nn12. The maximum Gasteiger partial charge on any atom is 0.213 e.